The van der Waals surface area contributed by atoms with E-state index in [4.69, 9.17) is 4.74 Å². The van der Waals surface area contributed by atoms with Crippen LogP contribution < -0.4 is 0 Å². The lowest BCUT2D eigenvalue weighted by molar-refractivity contribution is 0.155. The van der Waals surface area contributed by atoms with Gasteiger partial charge in [0.05, 0.1) is 23.4 Å². The zero-order valence-corrected chi connectivity index (χ0v) is 11.3. The van der Waals surface area contributed by atoms with Crippen molar-refractivity contribution in [3.63, 3.8) is 0 Å². The van der Waals surface area contributed by atoms with Crippen LogP contribution in [0.15, 0.2) is 8.99 Å². The molecule has 3 nitrogen and oxygen atoms in total. The van der Waals surface area contributed by atoms with Gasteiger partial charge in [0, 0.05) is 4.43 Å². The van der Waals surface area contributed by atoms with Crippen molar-refractivity contribution >= 4 is 55.0 Å². The average molecular weight is 414 g/mol. The number of ether oxygens (including phenoxy) is 1. The minimum atomic E-state index is -3.04. The first-order chi connectivity index (χ1) is 5.62. The zero-order valence-electron chi connectivity index (χ0n) is 6.16. The van der Waals surface area contributed by atoms with E-state index < -0.39 is 9.84 Å². The van der Waals surface area contributed by atoms with Crippen molar-refractivity contribution in [3.8, 4) is 0 Å². The van der Waals surface area contributed by atoms with Gasteiger partial charge in [-0.25, -0.2) is 8.42 Å². The summed E-state index contributed by atoms with van der Waals surface area (Å²) in [6, 6.07) is 0. The zero-order chi connectivity index (χ0) is 9.19. The van der Waals surface area contributed by atoms with Crippen molar-refractivity contribution < 1.29 is 13.2 Å². The molecule has 12 heavy (non-hydrogen) atoms. The predicted octanol–water partition coefficient (Wildman–Crippen LogP) is 1.51. The molecule has 0 aliphatic carbocycles. The molecule has 0 aromatic rings. The third-order valence-corrected chi connectivity index (χ3v) is 6.63. The number of hydrogen-bond acceptors (Lipinski definition) is 3. The molecule has 1 heterocycles. The molecule has 1 saturated heterocycles. The van der Waals surface area contributed by atoms with E-state index in [0.717, 1.165) is 0 Å². The summed E-state index contributed by atoms with van der Waals surface area (Å²) < 4.78 is 30.6. The maximum Gasteiger partial charge on any atom is 0.183 e. The second-order valence-electron chi connectivity index (χ2n) is 2.41. The minimum absolute atomic E-state index is 0.235. The summed E-state index contributed by atoms with van der Waals surface area (Å²) in [7, 11) is -3.04. The Morgan fingerprint density at radius 1 is 1.67 bits per heavy atom. The molecule has 1 unspecified atom stereocenters. The molecule has 0 N–H and O–H groups in total. The highest BCUT2D eigenvalue weighted by atomic mass is 127. The van der Waals surface area contributed by atoms with Crippen molar-refractivity contribution in [2.75, 3.05) is 17.6 Å². The molecule has 0 radical (unpaired) electrons. The fourth-order valence-electron chi connectivity index (χ4n) is 0.898. The van der Waals surface area contributed by atoms with Crippen LogP contribution in [-0.4, -0.2) is 31.3 Å². The molecule has 0 spiro atoms. The molecule has 1 rings (SSSR count). The van der Waals surface area contributed by atoms with Crippen LogP contribution in [0, 0.1) is 0 Å². The van der Waals surface area contributed by atoms with Crippen molar-refractivity contribution in [3.05, 3.63) is 8.99 Å². The maximum atomic E-state index is 11.6. The summed E-state index contributed by atoms with van der Waals surface area (Å²) in [5.74, 6) is 0. The van der Waals surface area contributed by atoms with Crippen molar-refractivity contribution in [2.24, 2.45) is 0 Å². The molecule has 70 valence electrons. The monoisotopic (exact) mass is 414 g/mol. The standard InChI is InChI=1S/C6H8I2O3S/c7-1-5-3-11-4-6(2-8)12(5,9)10/h1,6H,2-4H2/b5-1+. The van der Waals surface area contributed by atoms with Crippen LogP contribution in [-0.2, 0) is 14.6 Å². The first-order valence-corrected chi connectivity index (χ1v) is 7.61. The highest BCUT2D eigenvalue weighted by Crippen LogP contribution is 2.22. The molecule has 0 aromatic heterocycles. The average Bonchev–Trinajstić information content (AvgIpc) is 2.03. The van der Waals surface area contributed by atoms with Gasteiger partial charge in [-0.3, -0.25) is 0 Å². The highest BCUT2D eigenvalue weighted by Gasteiger charge is 2.32. The molecular weight excluding hydrogens is 406 g/mol. The molecule has 1 aliphatic heterocycles. The Bertz CT molecular complexity index is 283. The smallest absolute Gasteiger partial charge is 0.183 e. The van der Waals surface area contributed by atoms with E-state index in [1.54, 1.807) is 4.08 Å². The van der Waals surface area contributed by atoms with Crippen LogP contribution in [0.3, 0.4) is 0 Å². The Balaban J connectivity index is 2.98. The van der Waals surface area contributed by atoms with Gasteiger partial charge in [0.15, 0.2) is 9.84 Å². The molecule has 0 amide bonds. The van der Waals surface area contributed by atoms with Crippen LogP contribution in [0.1, 0.15) is 0 Å². The lowest BCUT2D eigenvalue weighted by atomic mass is 10.5. The molecule has 0 aromatic carbocycles. The Morgan fingerprint density at radius 2 is 2.33 bits per heavy atom. The predicted molar refractivity (Wildman–Crippen MR) is 64.5 cm³/mol. The summed E-state index contributed by atoms with van der Waals surface area (Å²) in [6.07, 6.45) is 0. The molecule has 6 heteroatoms. The van der Waals surface area contributed by atoms with Gasteiger partial charge in [0.25, 0.3) is 0 Å². The molecule has 0 saturated carbocycles. The third-order valence-electron chi connectivity index (χ3n) is 1.65. The third kappa shape index (κ3) is 2.13. The van der Waals surface area contributed by atoms with Gasteiger partial charge in [0.1, 0.15) is 0 Å². The topological polar surface area (TPSA) is 43.4 Å². The van der Waals surface area contributed by atoms with Crippen LogP contribution in [0.25, 0.3) is 0 Å². The van der Waals surface area contributed by atoms with Crippen LogP contribution in [0.2, 0.25) is 0 Å². The lowest BCUT2D eigenvalue weighted by Gasteiger charge is -2.22. The van der Waals surface area contributed by atoms with E-state index in [1.807, 2.05) is 22.6 Å². The van der Waals surface area contributed by atoms with Crippen LogP contribution in [0.5, 0.6) is 0 Å². The van der Waals surface area contributed by atoms with Crippen LogP contribution in [0.4, 0.5) is 0 Å². The molecule has 0 bridgehead atoms. The molecular formula is C6H8I2O3S. The highest BCUT2D eigenvalue weighted by molar-refractivity contribution is 14.1. The van der Waals surface area contributed by atoms with E-state index in [9.17, 15) is 8.42 Å². The van der Waals surface area contributed by atoms with E-state index >= 15 is 0 Å². The molecule has 1 atom stereocenters. The van der Waals surface area contributed by atoms with Gasteiger partial charge in [-0.2, -0.15) is 0 Å². The Labute approximate surface area is 99.1 Å². The number of alkyl halides is 1. The molecule has 1 fully saturated rings. The van der Waals surface area contributed by atoms with Gasteiger partial charge in [-0.05, 0) is 4.08 Å². The number of halogens is 2. The second-order valence-corrected chi connectivity index (χ2v) is 6.20. The lowest BCUT2D eigenvalue weighted by Crippen LogP contribution is -2.35. The van der Waals surface area contributed by atoms with E-state index in [2.05, 4.69) is 22.6 Å². The normalized spacial score (nSPS) is 32.2. The first kappa shape index (κ1) is 11.2. The minimum Gasteiger partial charge on any atom is -0.375 e. The van der Waals surface area contributed by atoms with Crippen molar-refractivity contribution in [2.45, 2.75) is 5.25 Å². The fraction of sp³-hybridized carbons (Fsp3) is 0.667. The van der Waals surface area contributed by atoms with Crippen molar-refractivity contribution in [1.29, 1.82) is 0 Å². The van der Waals surface area contributed by atoms with Gasteiger partial charge in [-0.1, -0.05) is 45.2 Å². The maximum absolute atomic E-state index is 11.6. The number of rotatable bonds is 1. The van der Waals surface area contributed by atoms with Gasteiger partial charge >= 0.3 is 0 Å². The largest absolute Gasteiger partial charge is 0.375 e. The quantitative estimate of drug-likeness (QED) is 0.483. The van der Waals surface area contributed by atoms with Gasteiger partial charge in [-0.15, -0.1) is 0 Å². The van der Waals surface area contributed by atoms with Crippen LogP contribution >= 0.6 is 45.2 Å². The number of hydrogen-bond donors (Lipinski definition) is 0. The summed E-state index contributed by atoms with van der Waals surface area (Å²) in [6.45, 7) is 0.567. The van der Waals surface area contributed by atoms with Crippen molar-refractivity contribution in [1.82, 2.24) is 0 Å². The Hall–Kier alpha value is 1.11. The summed E-state index contributed by atoms with van der Waals surface area (Å²) in [4.78, 5) is 0.413. The van der Waals surface area contributed by atoms with E-state index in [-0.39, 0.29) is 11.9 Å². The summed E-state index contributed by atoms with van der Waals surface area (Å²) in [5, 5.41) is -0.354. The Morgan fingerprint density at radius 3 is 2.83 bits per heavy atom. The second kappa shape index (κ2) is 4.56. The summed E-state index contributed by atoms with van der Waals surface area (Å²) >= 11 is 4.00. The molecule has 1 aliphatic rings. The fourth-order valence-corrected chi connectivity index (χ4v) is 5.06. The number of sulfone groups is 1. The Kier molecular flexibility index (Phi) is 4.25. The van der Waals surface area contributed by atoms with E-state index in [1.165, 1.54) is 0 Å². The van der Waals surface area contributed by atoms with Gasteiger partial charge in [0.2, 0.25) is 0 Å². The SMILES string of the molecule is O=S1(=O)/C(=C/I)COCC1CI. The summed E-state index contributed by atoms with van der Waals surface area (Å²) in [5.41, 5.74) is 0. The first-order valence-electron chi connectivity index (χ1n) is 3.29. The van der Waals surface area contributed by atoms with Gasteiger partial charge < -0.3 is 4.74 Å². The van der Waals surface area contributed by atoms with E-state index in [0.29, 0.717) is 15.9 Å².